The van der Waals surface area contributed by atoms with Crippen LogP contribution in [0, 0.1) is 12.7 Å². The van der Waals surface area contributed by atoms with Gasteiger partial charge >= 0.3 is 0 Å². The second-order valence-electron chi connectivity index (χ2n) is 4.34. The molecule has 0 saturated carbocycles. The summed E-state index contributed by atoms with van der Waals surface area (Å²) >= 11 is 3.37. The molecule has 0 atom stereocenters. The SMILES string of the molecule is Cc1c(Br)cccc1NC(=O)c1ccc(CO)cc1F. The molecule has 0 aliphatic rings. The summed E-state index contributed by atoms with van der Waals surface area (Å²) in [4.78, 5) is 12.1. The molecule has 0 unspecified atom stereocenters. The first-order valence-electron chi connectivity index (χ1n) is 5.98. The normalized spacial score (nSPS) is 10.4. The third-order valence-electron chi connectivity index (χ3n) is 2.98. The number of aliphatic hydroxyl groups excluding tert-OH is 1. The average molecular weight is 338 g/mol. The minimum atomic E-state index is -0.651. The molecule has 104 valence electrons. The minimum Gasteiger partial charge on any atom is -0.392 e. The van der Waals surface area contributed by atoms with Gasteiger partial charge in [0.15, 0.2) is 0 Å². The van der Waals surface area contributed by atoms with Gasteiger partial charge in [-0.15, -0.1) is 0 Å². The summed E-state index contributed by atoms with van der Waals surface area (Å²) in [6, 6.07) is 9.44. The fourth-order valence-corrected chi connectivity index (χ4v) is 2.14. The second-order valence-corrected chi connectivity index (χ2v) is 5.19. The first-order valence-corrected chi connectivity index (χ1v) is 6.78. The monoisotopic (exact) mass is 337 g/mol. The molecule has 0 bridgehead atoms. The molecule has 0 aromatic heterocycles. The quantitative estimate of drug-likeness (QED) is 0.898. The van der Waals surface area contributed by atoms with Crippen LogP contribution in [0.25, 0.3) is 0 Å². The zero-order valence-electron chi connectivity index (χ0n) is 10.8. The van der Waals surface area contributed by atoms with Crippen molar-refractivity contribution in [3.63, 3.8) is 0 Å². The smallest absolute Gasteiger partial charge is 0.258 e. The number of rotatable bonds is 3. The van der Waals surface area contributed by atoms with Crippen molar-refractivity contribution in [3.8, 4) is 0 Å². The number of hydrogen-bond acceptors (Lipinski definition) is 2. The number of amides is 1. The van der Waals surface area contributed by atoms with Crippen LogP contribution in [0.4, 0.5) is 10.1 Å². The maximum Gasteiger partial charge on any atom is 0.258 e. The van der Waals surface area contributed by atoms with Crippen molar-refractivity contribution in [1.29, 1.82) is 0 Å². The van der Waals surface area contributed by atoms with Crippen molar-refractivity contribution in [3.05, 3.63) is 63.4 Å². The summed E-state index contributed by atoms with van der Waals surface area (Å²) in [5, 5.41) is 11.6. The van der Waals surface area contributed by atoms with Crippen molar-refractivity contribution in [2.75, 3.05) is 5.32 Å². The van der Waals surface area contributed by atoms with E-state index in [1.165, 1.54) is 12.1 Å². The van der Waals surface area contributed by atoms with Crippen LogP contribution in [0.5, 0.6) is 0 Å². The Balaban J connectivity index is 2.26. The van der Waals surface area contributed by atoms with E-state index in [2.05, 4.69) is 21.2 Å². The lowest BCUT2D eigenvalue weighted by Gasteiger charge is -2.10. The average Bonchev–Trinajstić information content (AvgIpc) is 2.43. The van der Waals surface area contributed by atoms with Gasteiger partial charge in [0, 0.05) is 10.2 Å². The van der Waals surface area contributed by atoms with Crippen LogP contribution in [-0.4, -0.2) is 11.0 Å². The van der Waals surface area contributed by atoms with E-state index in [0.29, 0.717) is 11.3 Å². The fourth-order valence-electron chi connectivity index (χ4n) is 1.77. The van der Waals surface area contributed by atoms with Gasteiger partial charge in [-0.05, 0) is 42.3 Å². The topological polar surface area (TPSA) is 49.3 Å². The number of anilines is 1. The van der Waals surface area contributed by atoms with Gasteiger partial charge in [-0.3, -0.25) is 4.79 Å². The highest BCUT2D eigenvalue weighted by molar-refractivity contribution is 9.10. The number of carbonyl (C=O) groups excluding carboxylic acids is 1. The van der Waals surface area contributed by atoms with Gasteiger partial charge in [0.2, 0.25) is 0 Å². The highest BCUT2D eigenvalue weighted by atomic mass is 79.9. The molecule has 0 aliphatic heterocycles. The van der Waals surface area contributed by atoms with Crippen LogP contribution >= 0.6 is 15.9 Å². The third-order valence-corrected chi connectivity index (χ3v) is 3.84. The molecule has 2 rings (SSSR count). The van der Waals surface area contributed by atoms with E-state index in [9.17, 15) is 9.18 Å². The molecule has 0 aliphatic carbocycles. The second kappa shape index (κ2) is 6.15. The zero-order chi connectivity index (χ0) is 14.7. The molecule has 2 N–H and O–H groups in total. The van der Waals surface area contributed by atoms with Crippen LogP contribution in [-0.2, 0) is 6.61 Å². The Kier molecular flexibility index (Phi) is 4.52. The van der Waals surface area contributed by atoms with Crippen LogP contribution < -0.4 is 5.32 Å². The van der Waals surface area contributed by atoms with Gasteiger partial charge in [-0.2, -0.15) is 0 Å². The Hall–Kier alpha value is -1.72. The lowest BCUT2D eigenvalue weighted by atomic mass is 10.1. The molecule has 5 heteroatoms. The number of halogens is 2. The summed E-state index contributed by atoms with van der Waals surface area (Å²) in [6.07, 6.45) is 0. The molecule has 1 amide bonds. The van der Waals surface area contributed by atoms with E-state index in [1.54, 1.807) is 12.1 Å². The van der Waals surface area contributed by atoms with E-state index in [4.69, 9.17) is 5.11 Å². The van der Waals surface area contributed by atoms with E-state index < -0.39 is 11.7 Å². The van der Waals surface area contributed by atoms with Crippen molar-refractivity contribution >= 4 is 27.5 Å². The molecule has 0 saturated heterocycles. The van der Waals surface area contributed by atoms with Gasteiger partial charge in [-0.1, -0.05) is 28.1 Å². The maximum atomic E-state index is 13.8. The Morgan fingerprint density at radius 3 is 2.75 bits per heavy atom. The highest BCUT2D eigenvalue weighted by Crippen LogP contribution is 2.24. The predicted octanol–water partition coefficient (Wildman–Crippen LogP) is 3.64. The Bertz CT molecular complexity index is 658. The van der Waals surface area contributed by atoms with Gasteiger partial charge in [-0.25, -0.2) is 4.39 Å². The molecule has 0 heterocycles. The van der Waals surface area contributed by atoms with E-state index in [-0.39, 0.29) is 12.2 Å². The number of aliphatic hydroxyl groups is 1. The standard InChI is InChI=1S/C15H13BrFNO2/c1-9-12(16)3-2-4-14(9)18-15(20)11-6-5-10(8-19)7-13(11)17/h2-7,19H,8H2,1H3,(H,18,20). The maximum absolute atomic E-state index is 13.8. The molecule has 0 spiro atoms. The van der Waals surface area contributed by atoms with E-state index in [1.807, 2.05) is 13.0 Å². The fraction of sp³-hybridized carbons (Fsp3) is 0.133. The van der Waals surface area contributed by atoms with E-state index >= 15 is 0 Å². The molecule has 0 radical (unpaired) electrons. The van der Waals surface area contributed by atoms with Crippen molar-refractivity contribution in [2.24, 2.45) is 0 Å². The number of nitrogens with one attached hydrogen (secondary N) is 1. The van der Waals surface area contributed by atoms with E-state index in [0.717, 1.165) is 16.1 Å². The van der Waals surface area contributed by atoms with Gasteiger partial charge in [0.25, 0.3) is 5.91 Å². The highest BCUT2D eigenvalue weighted by Gasteiger charge is 2.13. The van der Waals surface area contributed by atoms with Gasteiger partial charge in [0.1, 0.15) is 5.82 Å². The molecule has 20 heavy (non-hydrogen) atoms. The predicted molar refractivity (Wildman–Crippen MR) is 79.2 cm³/mol. The van der Waals surface area contributed by atoms with Crippen LogP contribution in [0.15, 0.2) is 40.9 Å². The molecule has 2 aromatic carbocycles. The summed E-state index contributed by atoms with van der Waals surface area (Å²) in [5.41, 5.74) is 1.86. The Morgan fingerprint density at radius 1 is 1.35 bits per heavy atom. The summed E-state index contributed by atoms with van der Waals surface area (Å²) in [7, 11) is 0. The number of hydrogen-bond donors (Lipinski definition) is 2. The largest absolute Gasteiger partial charge is 0.392 e. The van der Waals surface area contributed by atoms with Crippen LogP contribution in [0.2, 0.25) is 0 Å². The number of carbonyl (C=O) groups is 1. The Morgan fingerprint density at radius 2 is 2.10 bits per heavy atom. The summed E-state index contributed by atoms with van der Waals surface area (Å²) < 4.78 is 14.7. The van der Waals surface area contributed by atoms with Crippen LogP contribution in [0.3, 0.4) is 0 Å². The van der Waals surface area contributed by atoms with Crippen molar-refractivity contribution < 1.29 is 14.3 Å². The molecule has 3 nitrogen and oxygen atoms in total. The number of benzene rings is 2. The third kappa shape index (κ3) is 3.05. The molecule has 0 fully saturated rings. The summed E-state index contributed by atoms with van der Waals surface area (Å²) in [6.45, 7) is 1.59. The lowest BCUT2D eigenvalue weighted by Crippen LogP contribution is -2.14. The minimum absolute atomic E-state index is 0.0541. The zero-order valence-corrected chi connectivity index (χ0v) is 12.4. The Labute approximate surface area is 124 Å². The van der Waals surface area contributed by atoms with Gasteiger partial charge in [0.05, 0.1) is 12.2 Å². The first kappa shape index (κ1) is 14.7. The van der Waals surface area contributed by atoms with Gasteiger partial charge < -0.3 is 10.4 Å². The molecular formula is C15H13BrFNO2. The van der Waals surface area contributed by atoms with Crippen molar-refractivity contribution in [1.82, 2.24) is 0 Å². The first-order chi connectivity index (χ1) is 9.52. The van der Waals surface area contributed by atoms with Crippen LogP contribution in [0.1, 0.15) is 21.5 Å². The molecule has 2 aromatic rings. The van der Waals surface area contributed by atoms with Crippen molar-refractivity contribution in [2.45, 2.75) is 13.5 Å². The molecular weight excluding hydrogens is 325 g/mol. The lowest BCUT2D eigenvalue weighted by molar-refractivity contribution is 0.102. The summed E-state index contributed by atoms with van der Waals surface area (Å²) in [5.74, 6) is -1.17.